The highest BCUT2D eigenvalue weighted by atomic mass is 35.7. The van der Waals surface area contributed by atoms with E-state index in [-0.39, 0.29) is 16.6 Å². The Morgan fingerprint density at radius 3 is 2.43 bits per heavy atom. The number of esters is 1. The maximum Gasteiger partial charge on any atom is 0.354 e. The summed E-state index contributed by atoms with van der Waals surface area (Å²) >= 11 is 0. The van der Waals surface area contributed by atoms with E-state index >= 15 is 0 Å². The predicted octanol–water partition coefficient (Wildman–Crippen LogP) is 3.59. The molecule has 0 saturated heterocycles. The van der Waals surface area contributed by atoms with E-state index in [4.69, 9.17) is 15.4 Å². The van der Waals surface area contributed by atoms with Crippen LogP contribution in [0.2, 0.25) is 0 Å². The molecule has 1 aromatic rings. The zero-order chi connectivity index (χ0) is 16.2. The second-order valence-electron chi connectivity index (χ2n) is 5.67. The first-order chi connectivity index (χ1) is 9.62. The number of hydrogen-bond donors (Lipinski definition) is 0. The van der Waals surface area contributed by atoms with Crippen LogP contribution in [0.4, 0.5) is 0 Å². The highest BCUT2D eigenvalue weighted by molar-refractivity contribution is 8.13. The van der Waals surface area contributed by atoms with Gasteiger partial charge in [-0.05, 0) is 38.7 Å². The summed E-state index contributed by atoms with van der Waals surface area (Å²) in [4.78, 5) is 12.0. The molecule has 0 N–H and O–H groups in total. The van der Waals surface area contributed by atoms with E-state index in [2.05, 4.69) is 13.8 Å². The molecule has 0 amide bonds. The van der Waals surface area contributed by atoms with Crippen molar-refractivity contribution < 1.29 is 17.9 Å². The van der Waals surface area contributed by atoms with Crippen LogP contribution in [0.5, 0.6) is 0 Å². The summed E-state index contributed by atoms with van der Waals surface area (Å²) in [5.41, 5.74) is 0.203. The van der Waals surface area contributed by atoms with E-state index in [1.807, 2.05) is 13.8 Å². The molecule has 0 aliphatic carbocycles. The van der Waals surface area contributed by atoms with Crippen LogP contribution in [0.25, 0.3) is 0 Å². The lowest BCUT2D eigenvalue weighted by atomic mass is 10.1. The van der Waals surface area contributed by atoms with E-state index in [0.29, 0.717) is 12.5 Å². The normalized spacial score (nSPS) is 12.1. The number of ether oxygens (including phenoxy) is 1. The van der Waals surface area contributed by atoms with Crippen LogP contribution in [0.3, 0.4) is 0 Å². The van der Waals surface area contributed by atoms with E-state index in [0.717, 1.165) is 12.8 Å². The summed E-state index contributed by atoms with van der Waals surface area (Å²) in [5.74, 6) is 0.0234. The second kappa shape index (κ2) is 7.31. The number of nitrogens with zero attached hydrogens (tertiary/aromatic N) is 1. The number of carbonyl (C=O) groups is 1. The molecule has 7 heteroatoms. The minimum atomic E-state index is -3.86. The number of carbonyl (C=O) groups excluding carboxylic acids is 1. The zero-order valence-electron chi connectivity index (χ0n) is 12.8. The van der Waals surface area contributed by atoms with Gasteiger partial charge in [0.2, 0.25) is 0 Å². The summed E-state index contributed by atoms with van der Waals surface area (Å²) < 4.78 is 29.5. The summed E-state index contributed by atoms with van der Waals surface area (Å²) in [5, 5.41) is 0. The molecule has 0 radical (unpaired) electrons. The third-order valence-electron chi connectivity index (χ3n) is 3.03. The minimum Gasteiger partial charge on any atom is -0.461 e. The molecule has 21 heavy (non-hydrogen) atoms. The summed E-state index contributed by atoms with van der Waals surface area (Å²) in [6.07, 6.45) is 3.12. The first-order valence-corrected chi connectivity index (χ1v) is 9.27. The Morgan fingerprint density at radius 1 is 1.33 bits per heavy atom. The molecule has 0 bridgehead atoms. The topological polar surface area (TPSA) is 65.4 Å². The molecule has 0 spiro atoms. The van der Waals surface area contributed by atoms with Crippen LogP contribution in [0, 0.1) is 5.92 Å². The molecule has 0 aliphatic rings. The second-order valence-corrected chi connectivity index (χ2v) is 8.24. The van der Waals surface area contributed by atoms with Crippen molar-refractivity contribution in [3.8, 4) is 0 Å². The standard InChI is InChI=1S/C14H22ClNO4S/c1-10(2)6-5-7-20-14(17)13-8-12(21(15,18)19)9-16(13)11(3)4/h8-11H,5-7H2,1-4H3. The van der Waals surface area contributed by atoms with Gasteiger partial charge >= 0.3 is 5.97 Å². The van der Waals surface area contributed by atoms with Gasteiger partial charge in [-0.25, -0.2) is 13.2 Å². The van der Waals surface area contributed by atoms with Crippen molar-refractivity contribution in [2.24, 2.45) is 5.92 Å². The van der Waals surface area contributed by atoms with Crippen molar-refractivity contribution in [3.63, 3.8) is 0 Å². The van der Waals surface area contributed by atoms with Gasteiger partial charge in [-0.15, -0.1) is 0 Å². The first kappa shape index (κ1) is 18.0. The smallest absolute Gasteiger partial charge is 0.354 e. The van der Waals surface area contributed by atoms with Gasteiger partial charge in [0.15, 0.2) is 0 Å². The van der Waals surface area contributed by atoms with Gasteiger partial charge < -0.3 is 9.30 Å². The van der Waals surface area contributed by atoms with E-state index in [1.165, 1.54) is 12.3 Å². The highest BCUT2D eigenvalue weighted by Crippen LogP contribution is 2.22. The molecule has 0 unspecified atom stereocenters. The lowest BCUT2D eigenvalue weighted by molar-refractivity contribution is 0.0480. The fourth-order valence-electron chi connectivity index (χ4n) is 1.91. The molecular formula is C14H22ClNO4S. The number of rotatable bonds is 7. The van der Waals surface area contributed by atoms with Gasteiger partial charge in [-0.2, -0.15) is 0 Å². The number of hydrogen-bond acceptors (Lipinski definition) is 4. The lowest BCUT2D eigenvalue weighted by Gasteiger charge is -2.12. The Bertz CT molecular complexity index is 590. The summed E-state index contributed by atoms with van der Waals surface area (Å²) in [6.45, 7) is 8.22. The Labute approximate surface area is 130 Å². The molecule has 0 atom stereocenters. The minimum absolute atomic E-state index is 0.0737. The largest absolute Gasteiger partial charge is 0.461 e. The number of halogens is 1. The average Bonchev–Trinajstić information content (AvgIpc) is 2.79. The van der Waals surface area contributed by atoms with Crippen molar-refractivity contribution in [1.29, 1.82) is 0 Å². The zero-order valence-corrected chi connectivity index (χ0v) is 14.4. The van der Waals surface area contributed by atoms with Crippen molar-refractivity contribution >= 4 is 25.7 Å². The molecule has 0 fully saturated rings. The Hall–Kier alpha value is -1.01. The van der Waals surface area contributed by atoms with E-state index < -0.39 is 15.0 Å². The third kappa shape index (κ3) is 5.36. The molecule has 1 heterocycles. The predicted molar refractivity (Wildman–Crippen MR) is 82.2 cm³/mol. The Balaban J connectivity index is 2.85. The molecular weight excluding hydrogens is 314 g/mol. The summed E-state index contributed by atoms with van der Waals surface area (Å²) in [6, 6.07) is 1.18. The maximum absolute atomic E-state index is 12.1. The van der Waals surface area contributed by atoms with Gasteiger partial charge in [0.25, 0.3) is 9.05 Å². The van der Waals surface area contributed by atoms with Crippen LogP contribution in [0.15, 0.2) is 17.2 Å². The fourth-order valence-corrected chi connectivity index (χ4v) is 2.65. The van der Waals surface area contributed by atoms with Crippen molar-refractivity contribution in [2.75, 3.05) is 6.61 Å². The van der Waals surface area contributed by atoms with Crippen LogP contribution in [-0.2, 0) is 13.8 Å². The first-order valence-electron chi connectivity index (χ1n) is 6.96. The maximum atomic E-state index is 12.1. The van der Waals surface area contributed by atoms with Gasteiger partial charge in [0, 0.05) is 22.9 Å². The molecule has 0 aliphatic heterocycles. The monoisotopic (exact) mass is 335 g/mol. The van der Waals surface area contributed by atoms with Gasteiger partial charge in [-0.1, -0.05) is 13.8 Å². The highest BCUT2D eigenvalue weighted by Gasteiger charge is 2.22. The van der Waals surface area contributed by atoms with Crippen LogP contribution < -0.4 is 0 Å². The summed E-state index contributed by atoms with van der Waals surface area (Å²) in [7, 11) is 1.46. The van der Waals surface area contributed by atoms with Crippen molar-refractivity contribution in [2.45, 2.75) is 51.5 Å². The van der Waals surface area contributed by atoms with Crippen LogP contribution >= 0.6 is 10.7 Å². The lowest BCUT2D eigenvalue weighted by Crippen LogP contribution is -2.14. The SMILES string of the molecule is CC(C)CCCOC(=O)c1cc(S(=O)(=O)Cl)cn1C(C)C. The van der Waals surface area contributed by atoms with Gasteiger partial charge in [0.1, 0.15) is 10.6 Å². The van der Waals surface area contributed by atoms with Crippen LogP contribution in [0.1, 0.15) is 57.1 Å². The van der Waals surface area contributed by atoms with E-state index in [9.17, 15) is 13.2 Å². The Morgan fingerprint density at radius 2 is 1.95 bits per heavy atom. The third-order valence-corrected chi connectivity index (χ3v) is 4.35. The van der Waals surface area contributed by atoms with Crippen LogP contribution in [-0.4, -0.2) is 25.6 Å². The molecule has 1 aromatic heterocycles. The van der Waals surface area contributed by atoms with E-state index in [1.54, 1.807) is 4.57 Å². The Kier molecular flexibility index (Phi) is 6.28. The quantitative estimate of drug-likeness (QED) is 0.434. The van der Waals surface area contributed by atoms with Crippen molar-refractivity contribution in [1.82, 2.24) is 4.57 Å². The molecule has 0 saturated carbocycles. The molecule has 1 rings (SSSR count). The average molecular weight is 336 g/mol. The van der Waals surface area contributed by atoms with Gasteiger partial charge in [-0.3, -0.25) is 0 Å². The fraction of sp³-hybridized carbons (Fsp3) is 0.643. The number of aromatic nitrogens is 1. The van der Waals surface area contributed by atoms with Crippen molar-refractivity contribution in [3.05, 3.63) is 18.0 Å². The van der Waals surface area contributed by atoms with Gasteiger partial charge in [0.05, 0.1) is 6.61 Å². The molecule has 5 nitrogen and oxygen atoms in total. The molecule has 120 valence electrons. The molecule has 0 aromatic carbocycles.